The minimum absolute atomic E-state index is 0.126. The summed E-state index contributed by atoms with van der Waals surface area (Å²) < 4.78 is 5.19. The van der Waals surface area contributed by atoms with E-state index in [2.05, 4.69) is 10.6 Å². The van der Waals surface area contributed by atoms with Crippen LogP contribution in [0.4, 0.5) is 4.79 Å². The van der Waals surface area contributed by atoms with Crippen molar-refractivity contribution in [3.63, 3.8) is 0 Å². The Morgan fingerprint density at radius 3 is 2.23 bits per heavy atom. The van der Waals surface area contributed by atoms with E-state index in [0.717, 1.165) is 11.1 Å². The van der Waals surface area contributed by atoms with Gasteiger partial charge in [0.2, 0.25) is 5.91 Å². The van der Waals surface area contributed by atoms with Gasteiger partial charge in [-0.15, -0.1) is 0 Å². The van der Waals surface area contributed by atoms with E-state index in [4.69, 9.17) is 10.00 Å². The van der Waals surface area contributed by atoms with Gasteiger partial charge in [-0.2, -0.15) is 5.26 Å². The van der Waals surface area contributed by atoms with Crippen molar-refractivity contribution in [2.75, 3.05) is 6.54 Å². The van der Waals surface area contributed by atoms with Crippen LogP contribution in [0.2, 0.25) is 0 Å². The van der Waals surface area contributed by atoms with Crippen LogP contribution in [0.5, 0.6) is 0 Å². The molecule has 2 aromatic carbocycles. The maximum atomic E-state index is 12.3. The fraction of sp³-hybridized carbons (Fsp3) is 0.250. The second-order valence-corrected chi connectivity index (χ2v) is 5.65. The monoisotopic (exact) mass is 351 g/mol. The van der Waals surface area contributed by atoms with E-state index in [-0.39, 0.29) is 25.5 Å². The lowest BCUT2D eigenvalue weighted by Gasteiger charge is -2.18. The fourth-order valence-electron chi connectivity index (χ4n) is 2.33. The predicted octanol–water partition coefficient (Wildman–Crippen LogP) is 2.55. The van der Waals surface area contributed by atoms with Crippen LogP contribution in [0.15, 0.2) is 60.7 Å². The molecule has 1 atom stereocenters. The third-order valence-electron chi connectivity index (χ3n) is 3.64. The molecule has 0 aliphatic heterocycles. The number of nitrogens with zero attached hydrogens (tertiary/aromatic N) is 1. The van der Waals surface area contributed by atoms with E-state index in [0.29, 0.717) is 6.42 Å². The number of rotatable bonds is 8. The van der Waals surface area contributed by atoms with Gasteiger partial charge in [-0.1, -0.05) is 60.7 Å². The smallest absolute Gasteiger partial charge is 0.408 e. The molecule has 0 aliphatic rings. The summed E-state index contributed by atoms with van der Waals surface area (Å²) in [6.07, 6.45) is -0.118. The molecule has 2 N–H and O–H groups in total. The Morgan fingerprint density at radius 2 is 1.62 bits per heavy atom. The first-order valence-corrected chi connectivity index (χ1v) is 8.35. The highest BCUT2D eigenvalue weighted by molar-refractivity contribution is 5.85. The topological polar surface area (TPSA) is 91.2 Å². The Labute approximate surface area is 152 Å². The highest BCUT2D eigenvalue weighted by Gasteiger charge is 2.21. The number of nitriles is 1. The summed E-state index contributed by atoms with van der Waals surface area (Å²) in [6, 6.07) is 19.9. The molecule has 0 fully saturated rings. The summed E-state index contributed by atoms with van der Waals surface area (Å²) in [4.78, 5) is 24.4. The van der Waals surface area contributed by atoms with Gasteiger partial charge in [-0.3, -0.25) is 4.79 Å². The summed E-state index contributed by atoms with van der Waals surface area (Å²) in [6.45, 7) is 0.363. The first-order valence-electron chi connectivity index (χ1n) is 8.35. The van der Waals surface area contributed by atoms with E-state index in [1.807, 2.05) is 66.7 Å². The molecule has 2 rings (SSSR count). The number of carbonyl (C=O) groups excluding carboxylic acids is 2. The van der Waals surface area contributed by atoms with Crippen LogP contribution in [0.25, 0.3) is 0 Å². The maximum absolute atomic E-state index is 12.3. The van der Waals surface area contributed by atoms with Gasteiger partial charge in [0.05, 0.1) is 12.5 Å². The molecule has 0 aliphatic carbocycles. The van der Waals surface area contributed by atoms with E-state index < -0.39 is 12.1 Å². The molecule has 0 unspecified atom stereocenters. The highest BCUT2D eigenvalue weighted by atomic mass is 16.5. The van der Waals surface area contributed by atoms with Crippen molar-refractivity contribution in [3.8, 4) is 6.07 Å². The standard InChI is InChI=1S/C20H21N3O3/c21-12-7-13-22-19(24)18(14-16-8-3-1-4-9-16)23-20(25)26-15-17-10-5-2-6-11-17/h1-6,8-11,18H,7,13-15H2,(H,22,24)(H,23,25)/t18-/m0/s1. The third-order valence-corrected chi connectivity index (χ3v) is 3.64. The molecular weight excluding hydrogens is 330 g/mol. The summed E-state index contributed by atoms with van der Waals surface area (Å²) >= 11 is 0. The number of ether oxygens (including phenoxy) is 1. The van der Waals surface area contributed by atoms with Gasteiger partial charge in [0, 0.05) is 13.0 Å². The number of alkyl carbamates (subject to hydrolysis) is 1. The minimum Gasteiger partial charge on any atom is -0.445 e. The van der Waals surface area contributed by atoms with E-state index in [1.165, 1.54) is 0 Å². The zero-order valence-electron chi connectivity index (χ0n) is 14.4. The Hall–Kier alpha value is -3.33. The number of nitrogens with one attached hydrogen (secondary N) is 2. The second kappa shape index (κ2) is 10.5. The summed E-state index contributed by atoms with van der Waals surface area (Å²) in [5.74, 6) is -0.347. The van der Waals surface area contributed by atoms with Crippen molar-refractivity contribution in [2.24, 2.45) is 0 Å². The molecule has 26 heavy (non-hydrogen) atoms. The van der Waals surface area contributed by atoms with Gasteiger partial charge in [0.1, 0.15) is 12.6 Å². The van der Waals surface area contributed by atoms with Gasteiger partial charge in [-0.05, 0) is 11.1 Å². The van der Waals surface area contributed by atoms with Gasteiger partial charge in [-0.25, -0.2) is 4.79 Å². The Kier molecular flexibility index (Phi) is 7.69. The van der Waals surface area contributed by atoms with E-state index in [9.17, 15) is 9.59 Å². The summed E-state index contributed by atoms with van der Waals surface area (Å²) in [7, 11) is 0. The average Bonchev–Trinajstić information content (AvgIpc) is 2.67. The van der Waals surface area contributed by atoms with Gasteiger partial charge in [0.15, 0.2) is 0 Å². The van der Waals surface area contributed by atoms with Crippen LogP contribution in [0.1, 0.15) is 17.5 Å². The molecular formula is C20H21N3O3. The van der Waals surface area contributed by atoms with Crippen LogP contribution >= 0.6 is 0 Å². The van der Waals surface area contributed by atoms with E-state index in [1.54, 1.807) is 0 Å². The third kappa shape index (κ3) is 6.65. The second-order valence-electron chi connectivity index (χ2n) is 5.65. The molecule has 0 bridgehead atoms. The number of amides is 2. The Balaban J connectivity index is 1.94. The molecule has 6 heteroatoms. The summed E-state index contributed by atoms with van der Waals surface area (Å²) in [5, 5.41) is 13.8. The largest absolute Gasteiger partial charge is 0.445 e. The van der Waals surface area contributed by atoms with Crippen LogP contribution < -0.4 is 10.6 Å². The van der Waals surface area contributed by atoms with Gasteiger partial charge in [0.25, 0.3) is 0 Å². The Morgan fingerprint density at radius 1 is 1.00 bits per heavy atom. The lowest BCUT2D eigenvalue weighted by molar-refractivity contribution is -0.123. The zero-order chi connectivity index (χ0) is 18.6. The Bertz CT molecular complexity index is 742. The molecule has 0 spiro atoms. The van der Waals surface area contributed by atoms with Crippen LogP contribution in [-0.4, -0.2) is 24.6 Å². The fourth-order valence-corrected chi connectivity index (χ4v) is 2.33. The molecule has 0 aromatic heterocycles. The van der Waals surface area contributed by atoms with Crippen molar-refractivity contribution in [2.45, 2.75) is 25.5 Å². The van der Waals surface area contributed by atoms with Crippen LogP contribution in [0.3, 0.4) is 0 Å². The van der Waals surface area contributed by atoms with Gasteiger partial charge < -0.3 is 15.4 Å². The van der Waals surface area contributed by atoms with Crippen LogP contribution in [0, 0.1) is 11.3 Å². The molecule has 2 aromatic rings. The SMILES string of the molecule is N#CCCNC(=O)[C@H](Cc1ccccc1)NC(=O)OCc1ccccc1. The zero-order valence-corrected chi connectivity index (χ0v) is 14.4. The first kappa shape index (κ1) is 19.0. The highest BCUT2D eigenvalue weighted by Crippen LogP contribution is 2.05. The van der Waals surface area contributed by atoms with Gasteiger partial charge >= 0.3 is 6.09 Å². The predicted molar refractivity (Wildman–Crippen MR) is 96.9 cm³/mol. The van der Waals surface area contributed by atoms with Crippen molar-refractivity contribution in [1.29, 1.82) is 5.26 Å². The minimum atomic E-state index is -0.778. The molecule has 6 nitrogen and oxygen atoms in total. The summed E-state index contributed by atoms with van der Waals surface area (Å²) in [5.41, 5.74) is 1.78. The quantitative estimate of drug-likeness (QED) is 0.715. The van der Waals surface area contributed by atoms with Crippen molar-refractivity contribution in [3.05, 3.63) is 71.8 Å². The van der Waals surface area contributed by atoms with Crippen molar-refractivity contribution >= 4 is 12.0 Å². The molecule has 2 amide bonds. The molecule has 134 valence electrons. The molecule has 0 radical (unpaired) electrons. The number of hydrogen-bond acceptors (Lipinski definition) is 4. The number of benzene rings is 2. The lowest BCUT2D eigenvalue weighted by Crippen LogP contribution is -2.48. The normalized spacial score (nSPS) is 11.0. The van der Waals surface area contributed by atoms with E-state index >= 15 is 0 Å². The number of hydrogen-bond donors (Lipinski definition) is 2. The molecule has 0 heterocycles. The molecule has 0 saturated carbocycles. The number of carbonyl (C=O) groups is 2. The average molecular weight is 351 g/mol. The van der Waals surface area contributed by atoms with Crippen LogP contribution in [-0.2, 0) is 22.6 Å². The van der Waals surface area contributed by atoms with Crippen molar-refractivity contribution < 1.29 is 14.3 Å². The maximum Gasteiger partial charge on any atom is 0.408 e. The lowest BCUT2D eigenvalue weighted by atomic mass is 10.1. The van der Waals surface area contributed by atoms with Crippen molar-refractivity contribution in [1.82, 2.24) is 10.6 Å². The molecule has 0 saturated heterocycles. The first-order chi connectivity index (χ1) is 12.7.